The highest BCUT2D eigenvalue weighted by atomic mass is 19.1. The molecule has 0 atom stereocenters. The van der Waals surface area contributed by atoms with Crippen LogP contribution >= 0.6 is 0 Å². The molecule has 0 saturated carbocycles. The van der Waals surface area contributed by atoms with Crippen molar-refractivity contribution < 1.29 is 19.0 Å². The fourth-order valence-electron chi connectivity index (χ4n) is 3.47. The Labute approximate surface area is 202 Å². The Kier molecular flexibility index (Phi) is 5.89. The molecule has 0 radical (unpaired) electrons. The number of nitrogens with two attached hydrogens (primary N) is 1. The fourth-order valence-corrected chi connectivity index (χ4v) is 3.47. The average Bonchev–Trinajstić information content (AvgIpc) is 3.42. The number of aromatic hydroxyl groups is 1. The molecule has 0 bridgehead atoms. The smallest absolute Gasteiger partial charge is 0.340 e. The van der Waals surface area contributed by atoms with E-state index in [0.717, 1.165) is 21.8 Å². The number of aromatic nitrogens is 5. The molecule has 12 heteroatoms. The lowest BCUT2D eigenvalue weighted by Gasteiger charge is -2.16. The molecule has 0 aliphatic carbocycles. The van der Waals surface area contributed by atoms with E-state index in [-0.39, 0.29) is 17.2 Å². The van der Waals surface area contributed by atoms with Gasteiger partial charge in [-0.25, -0.2) is 14.2 Å². The number of urea groups is 1. The van der Waals surface area contributed by atoms with Gasteiger partial charge in [0.25, 0.3) is 0 Å². The number of fused-ring (bicyclic) bond motifs is 1. The summed E-state index contributed by atoms with van der Waals surface area (Å²) in [4.78, 5) is 16.2. The molecule has 178 valence electrons. The number of ether oxygens (including phenoxy) is 1. The number of hydrogen-bond acceptors (Lipinski definition) is 8. The van der Waals surface area contributed by atoms with Crippen molar-refractivity contribution in [2.24, 2.45) is 10.8 Å². The Morgan fingerprint density at radius 1 is 1.14 bits per heavy atom. The van der Waals surface area contributed by atoms with E-state index in [2.05, 4.69) is 25.6 Å². The highest BCUT2D eigenvalue weighted by molar-refractivity contribution is 6.03. The van der Waals surface area contributed by atoms with Gasteiger partial charge in [0.15, 0.2) is 17.4 Å². The Morgan fingerprint density at radius 3 is 2.78 bits per heavy atom. The monoisotopic (exact) mass is 484 g/mol. The maximum absolute atomic E-state index is 14.9. The molecule has 0 aliphatic rings. The first-order valence-corrected chi connectivity index (χ1v) is 10.5. The number of amides is 2. The number of carbonyl (C=O) groups excluding carboxylic acids is 1. The molecular formula is C24H17FN8O3. The SMILES string of the molecule is NC(=O)N(/N=C/c1c(O)ccc2ccccc12)c1ccc(Oc2ccnc(-n3cnnn3)c2)c(F)c1. The van der Waals surface area contributed by atoms with Crippen LogP contribution in [-0.2, 0) is 0 Å². The minimum absolute atomic E-state index is 0.0322. The predicted octanol–water partition coefficient (Wildman–Crippen LogP) is 3.77. The zero-order valence-corrected chi connectivity index (χ0v) is 18.4. The summed E-state index contributed by atoms with van der Waals surface area (Å²) in [6, 6.07) is 16.6. The lowest BCUT2D eigenvalue weighted by molar-refractivity contribution is 0.254. The van der Waals surface area contributed by atoms with Gasteiger partial charge in [0.1, 0.15) is 17.8 Å². The standard InChI is InChI=1S/C24H17FN8O3/c25-20-11-16(6-8-22(20)36-17-9-10-27-23(12-17)32-14-28-30-31-32)33(24(26)35)29-13-19-18-4-2-1-3-15(18)5-7-21(19)34/h1-14,34H,(H2,26,35)/b29-13+. The van der Waals surface area contributed by atoms with E-state index >= 15 is 0 Å². The first-order chi connectivity index (χ1) is 17.5. The number of nitrogens with zero attached hydrogens (tertiary/aromatic N) is 7. The van der Waals surface area contributed by atoms with Crippen molar-refractivity contribution in [2.75, 3.05) is 5.01 Å². The Morgan fingerprint density at radius 2 is 2.00 bits per heavy atom. The van der Waals surface area contributed by atoms with Crippen molar-refractivity contribution in [3.8, 4) is 23.1 Å². The molecule has 11 nitrogen and oxygen atoms in total. The van der Waals surface area contributed by atoms with Crippen LogP contribution in [0.25, 0.3) is 16.6 Å². The number of phenols is 1. The third-order valence-corrected chi connectivity index (χ3v) is 5.15. The van der Waals surface area contributed by atoms with Crippen molar-refractivity contribution in [3.05, 3.63) is 90.6 Å². The molecule has 2 heterocycles. The van der Waals surface area contributed by atoms with Gasteiger partial charge in [-0.1, -0.05) is 30.3 Å². The topological polar surface area (TPSA) is 145 Å². The van der Waals surface area contributed by atoms with Gasteiger partial charge in [-0.05, 0) is 45.5 Å². The molecule has 5 rings (SSSR count). The third kappa shape index (κ3) is 4.50. The van der Waals surface area contributed by atoms with Crippen LogP contribution in [0.3, 0.4) is 0 Å². The maximum Gasteiger partial charge on any atom is 0.340 e. The van der Waals surface area contributed by atoms with Gasteiger partial charge in [-0.2, -0.15) is 14.8 Å². The molecule has 3 aromatic carbocycles. The van der Waals surface area contributed by atoms with Crippen LogP contribution in [0.1, 0.15) is 5.56 Å². The zero-order chi connectivity index (χ0) is 25.1. The summed E-state index contributed by atoms with van der Waals surface area (Å²) in [5.41, 5.74) is 5.94. The second-order valence-electron chi connectivity index (χ2n) is 7.44. The van der Waals surface area contributed by atoms with Gasteiger partial charge in [0.2, 0.25) is 0 Å². The summed E-state index contributed by atoms with van der Waals surface area (Å²) in [6.45, 7) is 0. The summed E-state index contributed by atoms with van der Waals surface area (Å²) in [5, 5.41) is 27.7. The first-order valence-electron chi connectivity index (χ1n) is 10.5. The number of hydrazone groups is 1. The second-order valence-corrected chi connectivity index (χ2v) is 7.44. The normalized spacial score (nSPS) is 11.1. The van der Waals surface area contributed by atoms with Gasteiger partial charge < -0.3 is 15.6 Å². The van der Waals surface area contributed by atoms with Crippen molar-refractivity contribution in [2.45, 2.75) is 0 Å². The van der Waals surface area contributed by atoms with E-state index in [9.17, 15) is 14.3 Å². The van der Waals surface area contributed by atoms with Crippen LogP contribution in [0.5, 0.6) is 17.2 Å². The Hall–Kier alpha value is -5.39. The van der Waals surface area contributed by atoms with E-state index in [4.69, 9.17) is 10.5 Å². The molecule has 3 N–H and O–H groups in total. The maximum atomic E-state index is 14.9. The quantitative estimate of drug-likeness (QED) is 0.276. The number of benzene rings is 3. The minimum Gasteiger partial charge on any atom is -0.507 e. The number of hydrogen-bond donors (Lipinski definition) is 2. The van der Waals surface area contributed by atoms with Crippen LogP contribution in [0.15, 0.2) is 84.4 Å². The molecular weight excluding hydrogens is 467 g/mol. The van der Waals surface area contributed by atoms with Gasteiger partial charge in [0.05, 0.1) is 11.9 Å². The fraction of sp³-hybridized carbons (Fsp3) is 0. The lowest BCUT2D eigenvalue weighted by Crippen LogP contribution is -2.31. The molecule has 0 spiro atoms. The van der Waals surface area contributed by atoms with Crippen LogP contribution < -0.4 is 15.5 Å². The van der Waals surface area contributed by atoms with Crippen molar-refractivity contribution in [1.29, 1.82) is 0 Å². The van der Waals surface area contributed by atoms with Crippen LogP contribution in [0, 0.1) is 5.82 Å². The Balaban J connectivity index is 1.41. The number of rotatable bonds is 6. The van der Waals surface area contributed by atoms with E-state index < -0.39 is 11.8 Å². The number of anilines is 1. The molecule has 5 aromatic rings. The predicted molar refractivity (Wildman–Crippen MR) is 129 cm³/mol. The second kappa shape index (κ2) is 9.46. The van der Waals surface area contributed by atoms with Crippen molar-refractivity contribution in [3.63, 3.8) is 0 Å². The van der Waals surface area contributed by atoms with E-state index in [1.165, 1.54) is 53.8 Å². The molecule has 2 amide bonds. The van der Waals surface area contributed by atoms with Crippen LogP contribution in [0.2, 0.25) is 0 Å². The third-order valence-electron chi connectivity index (χ3n) is 5.15. The van der Waals surface area contributed by atoms with Gasteiger partial charge in [0, 0.05) is 23.9 Å². The number of pyridine rings is 1. The highest BCUT2D eigenvalue weighted by Crippen LogP contribution is 2.30. The molecule has 36 heavy (non-hydrogen) atoms. The number of carbonyl (C=O) groups is 1. The number of halogens is 1. The summed E-state index contributed by atoms with van der Waals surface area (Å²) in [6.07, 6.45) is 4.12. The summed E-state index contributed by atoms with van der Waals surface area (Å²) in [7, 11) is 0. The van der Waals surface area contributed by atoms with Gasteiger partial charge in [-0.3, -0.25) is 0 Å². The zero-order valence-electron chi connectivity index (χ0n) is 18.4. The minimum atomic E-state index is -0.945. The number of primary amides is 1. The first kappa shape index (κ1) is 22.4. The largest absolute Gasteiger partial charge is 0.507 e. The van der Waals surface area contributed by atoms with Gasteiger partial charge >= 0.3 is 6.03 Å². The average molecular weight is 484 g/mol. The highest BCUT2D eigenvalue weighted by Gasteiger charge is 2.16. The molecule has 0 saturated heterocycles. The number of tetrazole rings is 1. The molecule has 2 aromatic heterocycles. The lowest BCUT2D eigenvalue weighted by atomic mass is 10.0. The van der Waals surface area contributed by atoms with Crippen molar-refractivity contribution in [1.82, 2.24) is 25.2 Å². The summed E-state index contributed by atoms with van der Waals surface area (Å²) in [5.74, 6) is -0.232. The summed E-state index contributed by atoms with van der Waals surface area (Å²) >= 11 is 0. The van der Waals surface area contributed by atoms with E-state index in [0.29, 0.717) is 17.1 Å². The van der Waals surface area contributed by atoms with E-state index in [1.54, 1.807) is 12.1 Å². The van der Waals surface area contributed by atoms with Crippen LogP contribution in [-0.4, -0.2) is 42.5 Å². The van der Waals surface area contributed by atoms with Crippen molar-refractivity contribution >= 4 is 28.7 Å². The molecule has 0 fully saturated rings. The number of phenolic OH excluding ortho intramolecular Hbond substituents is 1. The van der Waals surface area contributed by atoms with Crippen LogP contribution in [0.4, 0.5) is 14.9 Å². The Bertz CT molecular complexity index is 1590. The van der Waals surface area contributed by atoms with E-state index in [1.807, 2.05) is 18.2 Å². The van der Waals surface area contributed by atoms with Gasteiger partial charge in [-0.15, -0.1) is 5.10 Å². The molecule has 0 unspecified atom stereocenters. The molecule has 0 aliphatic heterocycles. The summed E-state index contributed by atoms with van der Waals surface area (Å²) < 4.78 is 21.9.